The molecule has 0 aliphatic heterocycles. The van der Waals surface area contributed by atoms with Gasteiger partial charge in [-0.05, 0) is 48.9 Å². The van der Waals surface area contributed by atoms with Gasteiger partial charge in [-0.3, -0.25) is 5.10 Å². The molecule has 0 aliphatic rings. The molecule has 8 nitrogen and oxygen atoms in total. The highest BCUT2D eigenvalue weighted by Gasteiger charge is 2.16. The maximum absolute atomic E-state index is 14.0. The summed E-state index contributed by atoms with van der Waals surface area (Å²) in [7, 11) is -1.58. The molecule has 10 heteroatoms. The van der Waals surface area contributed by atoms with E-state index in [1.165, 1.54) is 12.1 Å². The van der Waals surface area contributed by atoms with E-state index in [2.05, 4.69) is 25.5 Å². The van der Waals surface area contributed by atoms with Gasteiger partial charge in [-0.15, -0.1) is 0 Å². The normalized spacial score (nSPS) is 11.6. The van der Waals surface area contributed by atoms with Crippen LogP contribution in [0.25, 0.3) is 10.9 Å². The van der Waals surface area contributed by atoms with Gasteiger partial charge in [0.1, 0.15) is 17.2 Å². The fourth-order valence-electron chi connectivity index (χ4n) is 3.12. The van der Waals surface area contributed by atoms with Gasteiger partial charge in [-0.1, -0.05) is 6.07 Å². The van der Waals surface area contributed by atoms with Crippen molar-refractivity contribution in [3.05, 3.63) is 60.0 Å². The summed E-state index contributed by atoms with van der Waals surface area (Å²) < 4.78 is 37.7. The zero-order valence-corrected chi connectivity index (χ0v) is 17.3. The number of halogens is 1. The number of rotatable bonds is 5. The number of fused-ring (bicyclic) bond motifs is 1. The lowest BCUT2D eigenvalue weighted by atomic mass is 10.2. The Labute approximate surface area is 172 Å². The largest absolute Gasteiger partial charge is 0.324 e. The molecule has 0 saturated carbocycles. The number of nitrogens with zero attached hydrogens (tertiary/aromatic N) is 4. The van der Waals surface area contributed by atoms with Crippen LogP contribution in [0.5, 0.6) is 0 Å². The fourth-order valence-corrected chi connectivity index (χ4v) is 3.86. The van der Waals surface area contributed by atoms with Gasteiger partial charge in [0.05, 0.1) is 4.90 Å². The van der Waals surface area contributed by atoms with Crippen LogP contribution in [0.2, 0.25) is 0 Å². The third-order valence-corrected chi connectivity index (χ3v) is 5.66. The second-order valence-electron chi connectivity index (χ2n) is 6.94. The van der Waals surface area contributed by atoms with Crippen molar-refractivity contribution in [3.8, 4) is 0 Å². The molecule has 2 N–H and O–H groups in total. The second kappa shape index (κ2) is 7.38. The molecule has 4 aromatic rings. The predicted octanol–water partition coefficient (Wildman–Crippen LogP) is 3.72. The number of aryl methyl sites for hydroxylation is 1. The molecule has 0 radical (unpaired) electrons. The van der Waals surface area contributed by atoms with Gasteiger partial charge >= 0.3 is 0 Å². The maximum Gasteiger partial charge on any atom is 0.229 e. The topological polar surface area (TPSA) is 104 Å². The summed E-state index contributed by atoms with van der Waals surface area (Å²) in [6.07, 6.45) is 2.73. The number of sulfone groups is 1. The molecule has 0 amide bonds. The molecule has 2 aromatic heterocycles. The molecule has 0 unspecified atom stereocenters. The van der Waals surface area contributed by atoms with Crippen LogP contribution in [-0.4, -0.2) is 41.9 Å². The van der Waals surface area contributed by atoms with Crippen LogP contribution in [0.15, 0.2) is 53.6 Å². The van der Waals surface area contributed by atoms with Crippen molar-refractivity contribution in [1.29, 1.82) is 0 Å². The van der Waals surface area contributed by atoms with Crippen LogP contribution in [0.4, 0.5) is 27.7 Å². The van der Waals surface area contributed by atoms with Gasteiger partial charge < -0.3 is 10.2 Å². The summed E-state index contributed by atoms with van der Waals surface area (Å²) in [6.45, 7) is 1.81. The van der Waals surface area contributed by atoms with Gasteiger partial charge in [-0.2, -0.15) is 10.1 Å². The molecule has 2 heterocycles. The molecule has 0 aliphatic carbocycles. The van der Waals surface area contributed by atoms with Crippen molar-refractivity contribution in [2.24, 2.45) is 0 Å². The summed E-state index contributed by atoms with van der Waals surface area (Å²) in [5.74, 6) is 0.950. The quantitative estimate of drug-likeness (QED) is 0.501. The summed E-state index contributed by atoms with van der Waals surface area (Å²) in [4.78, 5) is 10.6. The van der Waals surface area contributed by atoms with Gasteiger partial charge in [0.25, 0.3) is 0 Å². The standard InChI is InChI=1S/C20H19FN6O2S/c1-12-9-13(11-14(10-12)30(3,28)29)23-20-22-8-7-17(24-20)27(2)19-15-5-4-6-16(21)18(15)25-26-19/h4-11H,1-3H3,(H,25,26)(H,22,23,24). The van der Waals surface area contributed by atoms with Crippen LogP contribution in [0.1, 0.15) is 5.56 Å². The minimum absolute atomic E-state index is 0.211. The Morgan fingerprint density at radius 3 is 2.73 bits per heavy atom. The summed E-state index contributed by atoms with van der Waals surface area (Å²) >= 11 is 0. The summed E-state index contributed by atoms with van der Waals surface area (Å²) in [6, 6.07) is 11.4. The summed E-state index contributed by atoms with van der Waals surface area (Å²) in [5.41, 5.74) is 1.67. The molecule has 30 heavy (non-hydrogen) atoms. The highest BCUT2D eigenvalue weighted by atomic mass is 32.2. The fraction of sp³-hybridized carbons (Fsp3) is 0.150. The van der Waals surface area contributed by atoms with Crippen LogP contribution in [0, 0.1) is 12.7 Å². The molecule has 0 saturated heterocycles. The lowest BCUT2D eigenvalue weighted by Crippen LogP contribution is -2.13. The molecular weight excluding hydrogens is 407 g/mol. The number of anilines is 4. The van der Waals surface area contributed by atoms with E-state index in [9.17, 15) is 12.8 Å². The number of benzene rings is 2. The Morgan fingerprint density at radius 1 is 1.17 bits per heavy atom. The van der Waals surface area contributed by atoms with E-state index < -0.39 is 9.84 Å². The van der Waals surface area contributed by atoms with Crippen molar-refractivity contribution in [2.75, 3.05) is 23.5 Å². The average molecular weight is 426 g/mol. The molecule has 0 bridgehead atoms. The highest BCUT2D eigenvalue weighted by molar-refractivity contribution is 7.90. The smallest absolute Gasteiger partial charge is 0.229 e. The Hall–Kier alpha value is -3.53. The van der Waals surface area contributed by atoms with E-state index >= 15 is 0 Å². The number of para-hydroxylation sites is 1. The van der Waals surface area contributed by atoms with E-state index in [1.54, 1.807) is 48.5 Å². The lowest BCUT2D eigenvalue weighted by Gasteiger charge is -2.16. The molecular formula is C20H19FN6O2S. The number of hydrogen-bond acceptors (Lipinski definition) is 7. The van der Waals surface area contributed by atoms with Gasteiger partial charge in [0.2, 0.25) is 5.95 Å². The third-order valence-electron chi connectivity index (χ3n) is 4.57. The first-order valence-corrected chi connectivity index (χ1v) is 10.9. The van der Waals surface area contributed by atoms with Crippen LogP contribution in [0.3, 0.4) is 0 Å². The van der Waals surface area contributed by atoms with Crippen LogP contribution < -0.4 is 10.2 Å². The maximum atomic E-state index is 14.0. The number of H-pyrrole nitrogens is 1. The average Bonchev–Trinajstić information content (AvgIpc) is 3.12. The SMILES string of the molecule is Cc1cc(Nc2nccc(N(C)c3n[nH]c4c(F)cccc34)n2)cc(S(C)(=O)=O)c1. The van der Waals surface area contributed by atoms with Gasteiger partial charge in [-0.25, -0.2) is 17.8 Å². The first-order chi connectivity index (χ1) is 14.2. The molecule has 0 fully saturated rings. The van der Waals surface area contributed by atoms with E-state index in [0.717, 1.165) is 11.8 Å². The Balaban J connectivity index is 1.66. The first kappa shape index (κ1) is 19.8. The van der Waals surface area contributed by atoms with Crippen molar-refractivity contribution in [3.63, 3.8) is 0 Å². The van der Waals surface area contributed by atoms with Gasteiger partial charge in [0.15, 0.2) is 15.7 Å². The molecule has 2 aromatic carbocycles. The lowest BCUT2D eigenvalue weighted by molar-refractivity contribution is 0.602. The van der Waals surface area contributed by atoms with Crippen molar-refractivity contribution < 1.29 is 12.8 Å². The third kappa shape index (κ3) is 3.81. The molecule has 154 valence electrons. The van der Waals surface area contributed by atoms with Crippen LogP contribution in [-0.2, 0) is 9.84 Å². The molecule has 4 rings (SSSR count). The predicted molar refractivity (Wildman–Crippen MR) is 114 cm³/mol. The minimum atomic E-state index is -3.35. The number of aromatic nitrogens is 4. The van der Waals surface area contributed by atoms with Crippen molar-refractivity contribution in [2.45, 2.75) is 11.8 Å². The monoisotopic (exact) mass is 426 g/mol. The van der Waals surface area contributed by atoms with Crippen molar-refractivity contribution >= 4 is 44.0 Å². The van der Waals surface area contributed by atoms with E-state index in [1.807, 2.05) is 6.92 Å². The first-order valence-electron chi connectivity index (χ1n) is 9.00. The summed E-state index contributed by atoms with van der Waals surface area (Å²) in [5, 5.41) is 10.6. The van der Waals surface area contributed by atoms with E-state index in [4.69, 9.17) is 0 Å². The number of nitrogens with one attached hydrogen (secondary N) is 2. The zero-order chi connectivity index (χ0) is 21.5. The van der Waals surface area contributed by atoms with Gasteiger partial charge in [0, 0.05) is 30.6 Å². The van der Waals surface area contributed by atoms with E-state index in [-0.39, 0.29) is 16.7 Å². The second-order valence-corrected chi connectivity index (χ2v) is 8.95. The minimum Gasteiger partial charge on any atom is -0.324 e. The van der Waals surface area contributed by atoms with Crippen LogP contribution >= 0.6 is 0 Å². The molecule has 0 atom stereocenters. The number of aromatic amines is 1. The molecule has 0 spiro atoms. The Kier molecular flexibility index (Phi) is 4.86. The Bertz CT molecular complexity index is 1350. The van der Waals surface area contributed by atoms with Crippen molar-refractivity contribution in [1.82, 2.24) is 20.2 Å². The highest BCUT2D eigenvalue weighted by Crippen LogP contribution is 2.29. The zero-order valence-electron chi connectivity index (χ0n) is 16.5. The Morgan fingerprint density at radius 2 is 1.97 bits per heavy atom. The number of hydrogen-bond donors (Lipinski definition) is 2. The van der Waals surface area contributed by atoms with E-state index in [0.29, 0.717) is 28.2 Å².